The molecule has 0 saturated carbocycles. The Hall–Kier alpha value is -2.04. The van der Waals surface area contributed by atoms with Gasteiger partial charge in [0.05, 0.1) is 0 Å². The number of benzene rings is 2. The van der Waals surface area contributed by atoms with Crippen LogP contribution in [-0.2, 0) is 4.79 Å². The maximum Gasteiger partial charge on any atom is 0.258 e. The Kier molecular flexibility index (Phi) is 7.07. The number of para-hydroxylation sites is 1. The van der Waals surface area contributed by atoms with Crippen LogP contribution >= 0.6 is 12.4 Å². The fraction of sp³-hybridized carbons (Fsp3) is 0.278. The van der Waals surface area contributed by atoms with Crippen molar-refractivity contribution in [2.45, 2.75) is 19.4 Å². The van der Waals surface area contributed by atoms with Crippen LogP contribution in [0.2, 0.25) is 0 Å². The topological polar surface area (TPSA) is 64.3 Å². The van der Waals surface area contributed by atoms with E-state index in [0.717, 1.165) is 11.1 Å². The molecule has 0 heterocycles. The molecule has 2 rings (SSSR count). The number of hydrogen-bond acceptors (Lipinski definition) is 3. The van der Waals surface area contributed by atoms with Crippen molar-refractivity contribution < 1.29 is 9.53 Å². The monoisotopic (exact) mass is 334 g/mol. The van der Waals surface area contributed by atoms with Gasteiger partial charge in [0.25, 0.3) is 5.91 Å². The second kappa shape index (κ2) is 8.56. The molecule has 23 heavy (non-hydrogen) atoms. The molecular weight excluding hydrogens is 312 g/mol. The number of amides is 1. The average molecular weight is 335 g/mol. The van der Waals surface area contributed by atoms with Gasteiger partial charge in [-0.1, -0.05) is 48.5 Å². The molecule has 0 saturated heterocycles. The Morgan fingerprint density at radius 3 is 2.35 bits per heavy atom. The Bertz CT molecular complexity index is 630. The van der Waals surface area contributed by atoms with Gasteiger partial charge in [-0.15, -0.1) is 12.4 Å². The molecule has 2 aromatic carbocycles. The van der Waals surface area contributed by atoms with Crippen LogP contribution in [0.4, 0.5) is 0 Å². The minimum Gasteiger partial charge on any atom is -0.483 e. The van der Waals surface area contributed by atoms with E-state index in [4.69, 9.17) is 10.5 Å². The molecule has 0 aliphatic carbocycles. The van der Waals surface area contributed by atoms with E-state index in [9.17, 15) is 4.79 Å². The number of nitrogens with one attached hydrogen (secondary N) is 1. The maximum atomic E-state index is 11.9. The van der Waals surface area contributed by atoms with E-state index in [1.54, 1.807) is 0 Å². The zero-order valence-corrected chi connectivity index (χ0v) is 14.2. The summed E-state index contributed by atoms with van der Waals surface area (Å²) in [6.07, 6.45) is 0. The number of rotatable bonds is 6. The Morgan fingerprint density at radius 1 is 1.09 bits per heavy atom. The second-order valence-electron chi connectivity index (χ2n) is 5.79. The van der Waals surface area contributed by atoms with Crippen LogP contribution in [-0.4, -0.2) is 24.6 Å². The number of ether oxygens (including phenoxy) is 1. The molecule has 0 aromatic heterocycles. The van der Waals surface area contributed by atoms with Crippen molar-refractivity contribution in [3.63, 3.8) is 0 Å². The molecule has 4 nitrogen and oxygen atoms in total. The molecule has 2 aromatic rings. The number of nitrogens with two attached hydrogens (primary N) is 1. The molecule has 0 aliphatic heterocycles. The van der Waals surface area contributed by atoms with Gasteiger partial charge in [0, 0.05) is 17.6 Å². The van der Waals surface area contributed by atoms with Crippen LogP contribution < -0.4 is 15.8 Å². The van der Waals surface area contributed by atoms with Crippen LogP contribution in [0, 0.1) is 0 Å². The van der Waals surface area contributed by atoms with E-state index in [2.05, 4.69) is 5.32 Å². The Labute approximate surface area is 143 Å². The van der Waals surface area contributed by atoms with Gasteiger partial charge in [-0.25, -0.2) is 0 Å². The van der Waals surface area contributed by atoms with Gasteiger partial charge >= 0.3 is 0 Å². The minimum atomic E-state index is -0.431. The molecule has 0 bridgehead atoms. The third-order valence-corrected chi connectivity index (χ3v) is 3.32. The average Bonchev–Trinajstić information content (AvgIpc) is 2.54. The van der Waals surface area contributed by atoms with Crippen LogP contribution in [0.3, 0.4) is 0 Å². The third kappa shape index (κ3) is 5.58. The zero-order chi connectivity index (χ0) is 16.0. The van der Waals surface area contributed by atoms with Crippen LogP contribution in [0.1, 0.15) is 13.8 Å². The third-order valence-electron chi connectivity index (χ3n) is 3.32. The predicted molar refractivity (Wildman–Crippen MR) is 95.9 cm³/mol. The summed E-state index contributed by atoms with van der Waals surface area (Å²) in [5.41, 5.74) is 7.20. The summed E-state index contributed by atoms with van der Waals surface area (Å²) in [5.74, 6) is 0.507. The van der Waals surface area contributed by atoms with E-state index >= 15 is 0 Å². The first-order valence-corrected chi connectivity index (χ1v) is 7.30. The number of carbonyl (C=O) groups excluding carboxylic acids is 1. The van der Waals surface area contributed by atoms with Crippen molar-refractivity contribution >= 4 is 18.3 Å². The second-order valence-corrected chi connectivity index (χ2v) is 5.79. The molecule has 124 valence electrons. The van der Waals surface area contributed by atoms with Crippen molar-refractivity contribution in [2.75, 3.05) is 13.2 Å². The summed E-state index contributed by atoms with van der Waals surface area (Å²) in [7, 11) is 0. The van der Waals surface area contributed by atoms with Gasteiger partial charge in [-0.3, -0.25) is 4.79 Å². The molecule has 1 amide bonds. The highest BCUT2D eigenvalue weighted by atomic mass is 35.5. The van der Waals surface area contributed by atoms with Gasteiger partial charge in [0.2, 0.25) is 0 Å². The summed E-state index contributed by atoms with van der Waals surface area (Å²) in [4.78, 5) is 11.9. The lowest BCUT2D eigenvalue weighted by atomic mass is 10.0. The summed E-state index contributed by atoms with van der Waals surface area (Å²) in [6, 6.07) is 17.6. The largest absolute Gasteiger partial charge is 0.483 e. The molecule has 3 N–H and O–H groups in total. The van der Waals surface area contributed by atoms with Crippen molar-refractivity contribution in [3.8, 4) is 16.9 Å². The highest BCUT2D eigenvalue weighted by Gasteiger charge is 2.18. The van der Waals surface area contributed by atoms with Crippen molar-refractivity contribution in [1.82, 2.24) is 5.32 Å². The highest BCUT2D eigenvalue weighted by Crippen LogP contribution is 2.29. The van der Waals surface area contributed by atoms with Gasteiger partial charge in [0.15, 0.2) is 6.61 Å². The molecule has 0 aliphatic rings. The smallest absolute Gasteiger partial charge is 0.258 e. The Balaban J connectivity index is 0.00000264. The van der Waals surface area contributed by atoms with Crippen molar-refractivity contribution in [1.29, 1.82) is 0 Å². The maximum absolute atomic E-state index is 11.9. The van der Waals surface area contributed by atoms with E-state index in [1.165, 1.54) is 0 Å². The number of carbonyl (C=O) groups is 1. The first-order valence-electron chi connectivity index (χ1n) is 7.30. The molecule has 5 heteroatoms. The summed E-state index contributed by atoms with van der Waals surface area (Å²) in [5, 5.41) is 2.85. The molecule has 0 fully saturated rings. The standard InChI is InChI=1S/C18H22N2O2.ClH/c1-18(2,13-19)20-17(21)12-22-16-11-7-6-10-15(16)14-8-4-3-5-9-14;/h3-11H,12-13,19H2,1-2H3,(H,20,21);1H. The lowest BCUT2D eigenvalue weighted by Gasteiger charge is -2.24. The van der Waals surface area contributed by atoms with Gasteiger partial charge in [0.1, 0.15) is 5.75 Å². The minimum absolute atomic E-state index is 0. The number of hydrogen-bond donors (Lipinski definition) is 2. The van der Waals surface area contributed by atoms with E-state index in [1.807, 2.05) is 68.4 Å². The van der Waals surface area contributed by atoms with Gasteiger partial charge < -0.3 is 15.8 Å². The quantitative estimate of drug-likeness (QED) is 0.853. The molecule has 0 unspecified atom stereocenters. The fourth-order valence-electron chi connectivity index (χ4n) is 2.06. The first kappa shape index (κ1) is 19.0. The molecule has 0 radical (unpaired) electrons. The number of halogens is 1. The van der Waals surface area contributed by atoms with Crippen molar-refractivity contribution in [3.05, 3.63) is 54.6 Å². The molecule has 0 atom stereocenters. The van der Waals surface area contributed by atoms with E-state index in [-0.39, 0.29) is 24.9 Å². The SMILES string of the molecule is CC(C)(CN)NC(=O)COc1ccccc1-c1ccccc1.Cl. The van der Waals surface area contributed by atoms with E-state index in [0.29, 0.717) is 12.3 Å². The van der Waals surface area contributed by atoms with Crippen molar-refractivity contribution in [2.24, 2.45) is 5.73 Å². The molecule has 0 spiro atoms. The van der Waals surface area contributed by atoms with Crippen LogP contribution in [0.15, 0.2) is 54.6 Å². The van der Waals surface area contributed by atoms with Gasteiger partial charge in [-0.2, -0.15) is 0 Å². The Morgan fingerprint density at radius 2 is 1.70 bits per heavy atom. The van der Waals surface area contributed by atoms with Gasteiger partial charge in [-0.05, 0) is 25.5 Å². The summed E-state index contributed by atoms with van der Waals surface area (Å²) < 4.78 is 5.69. The first-order chi connectivity index (χ1) is 10.5. The van der Waals surface area contributed by atoms with Crippen LogP contribution in [0.5, 0.6) is 5.75 Å². The normalized spacial score (nSPS) is 10.6. The van der Waals surface area contributed by atoms with Crippen LogP contribution in [0.25, 0.3) is 11.1 Å². The zero-order valence-electron chi connectivity index (χ0n) is 13.4. The molecular formula is C18H23ClN2O2. The summed E-state index contributed by atoms with van der Waals surface area (Å²) >= 11 is 0. The predicted octanol–water partition coefficient (Wildman–Crippen LogP) is 3.01. The van der Waals surface area contributed by atoms with E-state index < -0.39 is 5.54 Å². The lowest BCUT2D eigenvalue weighted by Crippen LogP contribution is -2.50. The summed E-state index contributed by atoms with van der Waals surface area (Å²) in [6.45, 7) is 4.10. The fourth-order valence-corrected chi connectivity index (χ4v) is 2.06. The highest BCUT2D eigenvalue weighted by molar-refractivity contribution is 5.85. The lowest BCUT2D eigenvalue weighted by molar-refractivity contribution is -0.124.